The molecule has 17 heavy (non-hydrogen) atoms. The second-order valence-corrected chi connectivity index (χ2v) is 5.99. The van der Waals surface area contributed by atoms with Gasteiger partial charge < -0.3 is 4.90 Å². The fraction of sp³-hybridized carbons (Fsp3) is 0.533. The first-order valence-corrected chi connectivity index (χ1v) is 6.36. The van der Waals surface area contributed by atoms with Crippen molar-refractivity contribution < 1.29 is 0 Å². The Morgan fingerprint density at radius 2 is 2.00 bits per heavy atom. The van der Waals surface area contributed by atoms with E-state index in [1.165, 1.54) is 16.8 Å². The molecule has 0 bridgehead atoms. The van der Waals surface area contributed by atoms with Crippen LogP contribution in [0.3, 0.4) is 0 Å². The molecule has 2 nitrogen and oxygen atoms in total. The van der Waals surface area contributed by atoms with Crippen LogP contribution in [0.1, 0.15) is 38.3 Å². The highest BCUT2D eigenvalue weighted by molar-refractivity contribution is 6.00. The predicted molar refractivity (Wildman–Crippen MR) is 74.0 cm³/mol. The first-order chi connectivity index (χ1) is 7.89. The molecular weight excluding hydrogens is 208 g/mol. The van der Waals surface area contributed by atoms with Gasteiger partial charge in [0.2, 0.25) is 0 Å². The maximum atomic E-state index is 8.35. The summed E-state index contributed by atoms with van der Waals surface area (Å²) >= 11 is 0. The van der Waals surface area contributed by atoms with Crippen LogP contribution in [-0.4, -0.2) is 12.4 Å². The van der Waals surface area contributed by atoms with Crippen LogP contribution in [0.25, 0.3) is 0 Å². The summed E-state index contributed by atoms with van der Waals surface area (Å²) in [5.41, 5.74) is 3.86. The van der Waals surface area contributed by atoms with E-state index in [2.05, 4.69) is 50.8 Å². The van der Waals surface area contributed by atoms with Gasteiger partial charge in [0.15, 0.2) is 0 Å². The molecule has 1 N–H and O–H groups in total. The minimum atomic E-state index is -0.0838. The number of amidine groups is 1. The Bertz CT molecular complexity index is 441. The van der Waals surface area contributed by atoms with E-state index < -0.39 is 0 Å². The van der Waals surface area contributed by atoms with Crippen molar-refractivity contribution in [2.75, 3.05) is 11.4 Å². The molecule has 0 unspecified atom stereocenters. The minimum absolute atomic E-state index is 0.0838. The molecule has 0 fully saturated rings. The number of hydrogen-bond donors (Lipinski definition) is 1. The Hall–Kier alpha value is -1.31. The molecule has 2 rings (SSSR count). The molecule has 0 amide bonds. The quantitative estimate of drug-likeness (QED) is 0.533. The summed E-state index contributed by atoms with van der Waals surface area (Å²) in [5, 5.41) is 8.35. The van der Waals surface area contributed by atoms with Gasteiger partial charge in [-0.2, -0.15) is 0 Å². The number of aryl methyl sites for hydroxylation is 2. The summed E-state index contributed by atoms with van der Waals surface area (Å²) in [6.45, 7) is 9.44. The highest BCUT2D eigenvalue weighted by Crippen LogP contribution is 2.31. The van der Waals surface area contributed by atoms with Gasteiger partial charge in [0.1, 0.15) is 5.84 Å². The van der Waals surface area contributed by atoms with Gasteiger partial charge in [-0.05, 0) is 31.4 Å². The molecule has 1 heterocycles. The first kappa shape index (κ1) is 12.2. The average molecular weight is 230 g/mol. The van der Waals surface area contributed by atoms with Crippen LogP contribution < -0.4 is 4.90 Å². The molecule has 1 aliphatic heterocycles. The van der Waals surface area contributed by atoms with E-state index in [1.807, 2.05) is 0 Å². The number of nitrogens with zero attached hydrogens (tertiary/aromatic N) is 1. The fourth-order valence-electron chi connectivity index (χ4n) is 2.36. The molecule has 0 atom stereocenters. The Morgan fingerprint density at radius 3 is 2.65 bits per heavy atom. The van der Waals surface area contributed by atoms with Crippen molar-refractivity contribution in [2.45, 2.75) is 40.5 Å². The van der Waals surface area contributed by atoms with Crippen LogP contribution in [0.4, 0.5) is 5.69 Å². The highest BCUT2D eigenvalue weighted by Gasteiger charge is 2.27. The van der Waals surface area contributed by atoms with Gasteiger partial charge in [-0.3, -0.25) is 5.41 Å². The fourth-order valence-corrected chi connectivity index (χ4v) is 2.36. The van der Waals surface area contributed by atoms with Crippen LogP contribution in [0, 0.1) is 17.7 Å². The highest BCUT2D eigenvalue weighted by atomic mass is 15.2. The standard InChI is InChI=1S/C15H22N2/c1-11-7-8-13-12(10-11)6-5-9-17(13)14(16)15(2,3)4/h7-8,10,16H,5-6,9H2,1-4H3. The Balaban J connectivity index is 2.39. The molecule has 1 aliphatic rings. The summed E-state index contributed by atoms with van der Waals surface area (Å²) in [6.07, 6.45) is 2.29. The van der Waals surface area contributed by atoms with Gasteiger partial charge in [0, 0.05) is 17.6 Å². The van der Waals surface area contributed by atoms with Gasteiger partial charge in [-0.1, -0.05) is 38.5 Å². The molecule has 0 saturated carbocycles. The van der Waals surface area contributed by atoms with E-state index in [0.29, 0.717) is 0 Å². The molecule has 1 aromatic carbocycles. The lowest BCUT2D eigenvalue weighted by Gasteiger charge is -2.36. The summed E-state index contributed by atoms with van der Waals surface area (Å²) in [6, 6.07) is 6.58. The van der Waals surface area contributed by atoms with E-state index in [-0.39, 0.29) is 5.41 Å². The van der Waals surface area contributed by atoms with Crippen molar-refractivity contribution >= 4 is 11.5 Å². The minimum Gasteiger partial charge on any atom is -0.330 e. The topological polar surface area (TPSA) is 27.1 Å². The molecule has 0 spiro atoms. The lowest BCUT2D eigenvalue weighted by molar-refractivity contribution is 0.566. The number of hydrogen-bond acceptors (Lipinski definition) is 1. The van der Waals surface area contributed by atoms with Crippen LogP contribution in [-0.2, 0) is 6.42 Å². The van der Waals surface area contributed by atoms with Gasteiger partial charge in [0.25, 0.3) is 0 Å². The molecule has 0 aromatic heterocycles. The van der Waals surface area contributed by atoms with Crippen LogP contribution in [0.2, 0.25) is 0 Å². The van der Waals surface area contributed by atoms with Crippen molar-refractivity contribution in [1.82, 2.24) is 0 Å². The largest absolute Gasteiger partial charge is 0.330 e. The van der Waals surface area contributed by atoms with Gasteiger partial charge in [-0.15, -0.1) is 0 Å². The monoisotopic (exact) mass is 230 g/mol. The van der Waals surface area contributed by atoms with Gasteiger partial charge in [-0.25, -0.2) is 0 Å². The zero-order chi connectivity index (χ0) is 12.6. The zero-order valence-corrected chi connectivity index (χ0v) is 11.3. The van der Waals surface area contributed by atoms with Crippen molar-refractivity contribution in [2.24, 2.45) is 5.41 Å². The van der Waals surface area contributed by atoms with Crippen LogP contribution in [0.5, 0.6) is 0 Å². The van der Waals surface area contributed by atoms with Crippen molar-refractivity contribution in [1.29, 1.82) is 5.41 Å². The second-order valence-electron chi connectivity index (χ2n) is 5.99. The number of rotatable bonds is 0. The Kier molecular flexibility index (Phi) is 2.98. The van der Waals surface area contributed by atoms with Gasteiger partial charge >= 0.3 is 0 Å². The second kappa shape index (κ2) is 4.17. The third-order valence-corrected chi connectivity index (χ3v) is 3.33. The summed E-state index contributed by atoms with van der Waals surface area (Å²) < 4.78 is 0. The van der Waals surface area contributed by atoms with Crippen molar-refractivity contribution in [3.05, 3.63) is 29.3 Å². The van der Waals surface area contributed by atoms with Crippen LogP contribution >= 0.6 is 0 Å². The maximum absolute atomic E-state index is 8.35. The summed E-state index contributed by atoms with van der Waals surface area (Å²) in [5.74, 6) is 0.724. The summed E-state index contributed by atoms with van der Waals surface area (Å²) in [4.78, 5) is 2.18. The third-order valence-electron chi connectivity index (χ3n) is 3.33. The van der Waals surface area contributed by atoms with E-state index in [1.54, 1.807) is 0 Å². The molecule has 0 aliphatic carbocycles. The summed E-state index contributed by atoms with van der Waals surface area (Å²) in [7, 11) is 0. The average Bonchev–Trinajstić information content (AvgIpc) is 2.25. The first-order valence-electron chi connectivity index (χ1n) is 6.36. The third kappa shape index (κ3) is 2.36. The predicted octanol–water partition coefficient (Wildman–Crippen LogP) is 3.77. The molecule has 0 saturated heterocycles. The number of anilines is 1. The van der Waals surface area contributed by atoms with E-state index in [4.69, 9.17) is 5.41 Å². The number of benzene rings is 1. The van der Waals surface area contributed by atoms with Crippen LogP contribution in [0.15, 0.2) is 18.2 Å². The normalized spacial score (nSPS) is 15.6. The Labute approximate surface area is 104 Å². The SMILES string of the molecule is Cc1ccc2c(c1)CCCN2C(=N)C(C)(C)C. The zero-order valence-electron chi connectivity index (χ0n) is 11.3. The lowest BCUT2D eigenvalue weighted by Crippen LogP contribution is -2.42. The van der Waals surface area contributed by atoms with Crippen molar-refractivity contribution in [3.63, 3.8) is 0 Å². The molecule has 0 radical (unpaired) electrons. The molecule has 92 valence electrons. The molecule has 1 aromatic rings. The number of nitrogens with one attached hydrogen (secondary N) is 1. The van der Waals surface area contributed by atoms with E-state index in [0.717, 1.165) is 25.2 Å². The van der Waals surface area contributed by atoms with Crippen molar-refractivity contribution in [3.8, 4) is 0 Å². The van der Waals surface area contributed by atoms with E-state index in [9.17, 15) is 0 Å². The Morgan fingerprint density at radius 1 is 1.29 bits per heavy atom. The smallest absolute Gasteiger partial charge is 0.106 e. The molecular formula is C15H22N2. The maximum Gasteiger partial charge on any atom is 0.106 e. The lowest BCUT2D eigenvalue weighted by atomic mass is 9.91. The van der Waals surface area contributed by atoms with E-state index >= 15 is 0 Å². The number of fused-ring (bicyclic) bond motifs is 1. The van der Waals surface area contributed by atoms with Gasteiger partial charge in [0.05, 0.1) is 0 Å². The molecule has 2 heteroatoms.